The molecule has 0 unspecified atom stereocenters. The number of anilines is 2. The molecule has 0 fully saturated rings. The van der Waals surface area contributed by atoms with E-state index >= 15 is 0 Å². The van der Waals surface area contributed by atoms with Crippen LogP contribution in [0.25, 0.3) is 0 Å². The second-order valence-electron chi connectivity index (χ2n) is 9.36. The number of allylic oxidation sites excluding steroid dienone is 3. The van der Waals surface area contributed by atoms with Crippen molar-refractivity contribution in [2.75, 3.05) is 30.4 Å². The maximum Gasteiger partial charge on any atom is 0.255 e. The van der Waals surface area contributed by atoms with Crippen molar-refractivity contribution in [1.82, 2.24) is 5.32 Å². The van der Waals surface area contributed by atoms with E-state index in [1.165, 1.54) is 26.2 Å². The summed E-state index contributed by atoms with van der Waals surface area (Å²) in [6, 6.07) is 10.3. The zero-order valence-electron chi connectivity index (χ0n) is 23.8. The second-order valence-corrected chi connectivity index (χ2v) is 9.74. The summed E-state index contributed by atoms with van der Waals surface area (Å²) >= 11 is 6.39. The third kappa shape index (κ3) is 7.09. The number of hydrogen-bond donors (Lipinski definition) is 2. The van der Waals surface area contributed by atoms with Crippen molar-refractivity contribution in [2.45, 2.75) is 47.6 Å². The van der Waals surface area contributed by atoms with Crippen molar-refractivity contribution < 1.29 is 23.9 Å². The first kappa shape index (κ1) is 30.4. The molecule has 2 aromatic carbocycles. The number of halogens is 1. The van der Waals surface area contributed by atoms with Crippen LogP contribution in [-0.2, 0) is 9.59 Å². The zero-order valence-corrected chi connectivity index (χ0v) is 24.6. The Hall–Kier alpha value is -4.11. The normalized spacial score (nSPS) is 14.3. The first-order valence-corrected chi connectivity index (χ1v) is 13.4. The van der Waals surface area contributed by atoms with Crippen LogP contribution in [0.3, 0.4) is 0 Å². The van der Waals surface area contributed by atoms with Crippen molar-refractivity contribution in [2.24, 2.45) is 4.99 Å². The molecule has 0 saturated heterocycles. The highest BCUT2D eigenvalue weighted by Gasteiger charge is 2.26. The number of ether oxygens (including phenoxy) is 2. The van der Waals surface area contributed by atoms with Crippen LogP contribution < -0.4 is 25.0 Å². The molecule has 0 aliphatic heterocycles. The van der Waals surface area contributed by atoms with Crippen molar-refractivity contribution in [3.8, 4) is 11.5 Å². The molecule has 0 heterocycles. The van der Waals surface area contributed by atoms with Gasteiger partial charge in [0.05, 0.1) is 41.0 Å². The monoisotopic (exact) mass is 566 g/mol. The van der Waals surface area contributed by atoms with Gasteiger partial charge in [-0.1, -0.05) is 11.6 Å². The van der Waals surface area contributed by atoms with Crippen molar-refractivity contribution >= 4 is 52.0 Å². The molecule has 212 valence electrons. The number of carbonyl (C=O) groups is 3. The molecular formula is C30H35ClN4O5. The standard InChI is InChI=1S/C30H35ClN4O5/c1-8-35(9-2)21-11-12-22(24(15-21)32-19(6)36)33-23-16-25(29(37)28(31)18(23)5)34-30(38)20-10-13-26(40-17(3)4)27(14-20)39-7/h10-17H,8-9H2,1-7H3,(H,32,36)(H,34,38)/b33-23+. The topological polar surface area (TPSA) is 109 Å². The maximum atomic E-state index is 13.1. The quantitative estimate of drug-likeness (QED) is 0.353. The van der Waals surface area contributed by atoms with Gasteiger partial charge in [0.25, 0.3) is 5.91 Å². The number of carbonyl (C=O) groups excluding carboxylic acids is 3. The Bertz CT molecular complexity index is 1410. The number of ketones is 1. The Morgan fingerprint density at radius 3 is 2.35 bits per heavy atom. The summed E-state index contributed by atoms with van der Waals surface area (Å²) in [7, 11) is 1.48. The average molecular weight is 567 g/mol. The number of nitrogens with one attached hydrogen (secondary N) is 2. The highest BCUT2D eigenvalue weighted by molar-refractivity contribution is 6.49. The van der Waals surface area contributed by atoms with E-state index < -0.39 is 11.7 Å². The molecule has 0 spiro atoms. The maximum absolute atomic E-state index is 13.1. The Kier molecular flexibility index (Phi) is 10.1. The number of aliphatic imine (C=N–C) groups is 1. The van der Waals surface area contributed by atoms with Gasteiger partial charge in [-0.2, -0.15) is 0 Å². The van der Waals surface area contributed by atoms with Crippen LogP contribution >= 0.6 is 11.6 Å². The molecule has 2 N–H and O–H groups in total. The van der Waals surface area contributed by atoms with Crippen LogP contribution in [0.1, 0.15) is 51.9 Å². The Morgan fingerprint density at radius 2 is 1.75 bits per heavy atom. The van der Waals surface area contributed by atoms with E-state index in [4.69, 9.17) is 26.1 Å². The van der Waals surface area contributed by atoms with Gasteiger partial charge in [0.15, 0.2) is 11.5 Å². The molecule has 0 aromatic heterocycles. The Morgan fingerprint density at radius 1 is 1.05 bits per heavy atom. The summed E-state index contributed by atoms with van der Waals surface area (Å²) in [6.45, 7) is 12.6. The smallest absolute Gasteiger partial charge is 0.255 e. The van der Waals surface area contributed by atoms with Crippen molar-refractivity contribution in [3.05, 3.63) is 64.3 Å². The second kappa shape index (κ2) is 13.3. The van der Waals surface area contributed by atoms with Gasteiger partial charge in [-0.3, -0.25) is 14.4 Å². The molecular weight excluding hydrogens is 532 g/mol. The van der Waals surface area contributed by atoms with E-state index in [1.54, 1.807) is 25.1 Å². The fourth-order valence-corrected chi connectivity index (χ4v) is 4.30. The molecule has 0 atom stereocenters. The number of rotatable bonds is 10. The molecule has 2 amide bonds. The van der Waals surface area contributed by atoms with Gasteiger partial charge in [0.2, 0.25) is 11.7 Å². The van der Waals surface area contributed by atoms with Crippen LogP contribution in [0.5, 0.6) is 11.5 Å². The summed E-state index contributed by atoms with van der Waals surface area (Å²) in [5.74, 6) is -0.414. The van der Waals surface area contributed by atoms with Gasteiger partial charge in [0.1, 0.15) is 0 Å². The lowest BCUT2D eigenvalue weighted by molar-refractivity contribution is -0.114. The van der Waals surface area contributed by atoms with Gasteiger partial charge in [-0.05, 0) is 82.7 Å². The Labute approximate surface area is 239 Å². The number of hydrogen-bond acceptors (Lipinski definition) is 7. The van der Waals surface area contributed by atoms with Crippen LogP contribution in [0.2, 0.25) is 0 Å². The molecule has 9 nitrogen and oxygen atoms in total. The van der Waals surface area contributed by atoms with Gasteiger partial charge in [-0.25, -0.2) is 4.99 Å². The molecule has 2 aromatic rings. The molecule has 10 heteroatoms. The minimum atomic E-state index is -0.530. The SMILES string of the molecule is CCN(CC)c1ccc(/N=C2\C=C(NC(=O)c3ccc(OC(C)C)c(OC)c3)C(=O)C(Cl)=C2C)c(NC(C)=O)c1. The van der Waals surface area contributed by atoms with Gasteiger partial charge in [-0.15, -0.1) is 0 Å². The minimum Gasteiger partial charge on any atom is -0.493 e. The van der Waals surface area contributed by atoms with Gasteiger partial charge < -0.3 is 25.0 Å². The van der Waals surface area contributed by atoms with Gasteiger partial charge >= 0.3 is 0 Å². The lowest BCUT2D eigenvalue weighted by atomic mass is 10.0. The first-order chi connectivity index (χ1) is 19.0. The molecule has 1 aliphatic carbocycles. The van der Waals surface area contributed by atoms with E-state index in [1.807, 2.05) is 26.0 Å². The van der Waals surface area contributed by atoms with E-state index in [-0.39, 0.29) is 28.3 Å². The molecule has 0 bridgehead atoms. The number of methoxy groups -OCH3 is 1. The summed E-state index contributed by atoms with van der Waals surface area (Å²) in [4.78, 5) is 44.9. The van der Waals surface area contributed by atoms with Crippen molar-refractivity contribution in [3.63, 3.8) is 0 Å². The fourth-order valence-electron chi connectivity index (χ4n) is 4.10. The summed E-state index contributed by atoms with van der Waals surface area (Å²) < 4.78 is 11.1. The van der Waals surface area contributed by atoms with Crippen molar-refractivity contribution in [1.29, 1.82) is 0 Å². The van der Waals surface area contributed by atoms with Crippen LogP contribution in [0, 0.1) is 0 Å². The Balaban J connectivity index is 1.99. The third-order valence-electron chi connectivity index (χ3n) is 6.14. The van der Waals surface area contributed by atoms with Crippen LogP contribution in [-0.4, -0.2) is 49.6 Å². The summed E-state index contributed by atoms with van der Waals surface area (Å²) in [5.41, 5.74) is 2.99. The lowest BCUT2D eigenvalue weighted by Gasteiger charge is -2.22. The highest BCUT2D eigenvalue weighted by Crippen LogP contribution is 2.33. The van der Waals surface area contributed by atoms with E-state index in [0.717, 1.165) is 18.8 Å². The minimum absolute atomic E-state index is 0.0262. The zero-order chi connectivity index (χ0) is 29.6. The third-order valence-corrected chi connectivity index (χ3v) is 6.59. The van der Waals surface area contributed by atoms with E-state index in [0.29, 0.717) is 34.2 Å². The lowest BCUT2D eigenvalue weighted by Crippen LogP contribution is -2.31. The number of nitrogens with zero attached hydrogens (tertiary/aromatic N) is 2. The van der Waals surface area contributed by atoms with Crippen LogP contribution in [0.4, 0.5) is 17.1 Å². The predicted octanol–water partition coefficient (Wildman–Crippen LogP) is 5.77. The van der Waals surface area contributed by atoms with E-state index in [2.05, 4.69) is 29.4 Å². The summed E-state index contributed by atoms with van der Waals surface area (Å²) in [6.07, 6.45) is 1.40. The molecule has 3 rings (SSSR count). The van der Waals surface area contributed by atoms with Gasteiger partial charge in [0, 0.05) is 31.3 Å². The molecule has 1 aliphatic rings. The van der Waals surface area contributed by atoms with E-state index in [9.17, 15) is 14.4 Å². The molecule has 0 radical (unpaired) electrons. The number of Topliss-reactive ketones (excluding diaryl/α,β-unsaturated/α-hetero) is 1. The fraction of sp³-hybridized carbons (Fsp3) is 0.333. The average Bonchev–Trinajstić information content (AvgIpc) is 2.91. The molecule has 40 heavy (non-hydrogen) atoms. The largest absolute Gasteiger partial charge is 0.493 e. The number of amides is 2. The highest BCUT2D eigenvalue weighted by atomic mass is 35.5. The predicted molar refractivity (Wildman–Crippen MR) is 159 cm³/mol. The first-order valence-electron chi connectivity index (χ1n) is 13.0. The molecule has 0 saturated carbocycles. The number of benzene rings is 2. The summed E-state index contributed by atoms with van der Waals surface area (Å²) in [5, 5.41) is 5.42. The van der Waals surface area contributed by atoms with Crippen LogP contribution in [0.15, 0.2) is 63.8 Å².